The van der Waals surface area contributed by atoms with Crippen LogP contribution in [0.2, 0.25) is 13.1 Å². The van der Waals surface area contributed by atoms with Crippen LogP contribution in [-0.4, -0.2) is 12.6 Å². The van der Waals surface area contributed by atoms with E-state index >= 15 is 0 Å². The highest BCUT2D eigenvalue weighted by atomic mass is 28.3. The van der Waals surface area contributed by atoms with E-state index in [1.807, 2.05) is 0 Å². The summed E-state index contributed by atoms with van der Waals surface area (Å²) in [7, 11) is -2.03. The van der Waals surface area contributed by atoms with Crippen LogP contribution in [0.4, 0.5) is 0 Å². The van der Waals surface area contributed by atoms with Crippen LogP contribution in [0.25, 0.3) is 126 Å². The van der Waals surface area contributed by atoms with Crippen molar-refractivity contribution in [3.05, 3.63) is 223 Å². The van der Waals surface area contributed by atoms with Gasteiger partial charge in [0.05, 0.1) is 11.0 Å². The molecular weight excluding hydrogens is 847 g/mol. The normalized spacial score (nSPS) is 14.3. The Morgan fingerprint density at radius 2 is 0.855 bits per heavy atom. The van der Waals surface area contributed by atoms with Crippen molar-refractivity contribution in [2.45, 2.75) is 32.4 Å². The summed E-state index contributed by atoms with van der Waals surface area (Å²) in [6, 6.07) is 80.9. The Balaban J connectivity index is 0.963. The van der Waals surface area contributed by atoms with Crippen molar-refractivity contribution in [2.75, 3.05) is 0 Å². The molecule has 0 bridgehead atoms. The molecular formula is C67H47NSi. The second kappa shape index (κ2) is 13.8. The fourth-order valence-corrected chi connectivity index (χ4v) is 16.5. The van der Waals surface area contributed by atoms with Crippen molar-refractivity contribution >= 4 is 94.1 Å². The third-order valence-electron chi connectivity index (χ3n) is 16.5. The molecule has 0 amide bonds. The standard InChI is InChI=1S/C67H47NSi/c1-67(2)59-29-17-16-24-47(59)52-32-33-53-56-36-40(30-34-60(56)68(66(53)65(52)67)42-18-6-5-7-19-42)63-48-25-12-14-27-50(48)64(51-28-15-13-26-49(51)63)41-31-35-61-57(37-41)58-38-54-45-22-10-8-20-43(45)44-21-9-11-23-46(44)55(54)39-62(58)69(61,3)4/h5-39H,1-4H3. The lowest BCUT2D eigenvalue weighted by atomic mass is 9.81. The topological polar surface area (TPSA) is 4.93 Å². The van der Waals surface area contributed by atoms with E-state index in [4.69, 9.17) is 0 Å². The molecule has 324 valence electrons. The first-order valence-electron chi connectivity index (χ1n) is 24.5. The van der Waals surface area contributed by atoms with Gasteiger partial charge in [0.25, 0.3) is 0 Å². The average molecular weight is 894 g/mol. The van der Waals surface area contributed by atoms with E-state index in [9.17, 15) is 0 Å². The van der Waals surface area contributed by atoms with Crippen LogP contribution >= 0.6 is 0 Å². The molecule has 0 spiro atoms. The summed E-state index contributed by atoms with van der Waals surface area (Å²) in [5.74, 6) is 0. The van der Waals surface area contributed by atoms with E-state index in [-0.39, 0.29) is 5.41 Å². The summed E-state index contributed by atoms with van der Waals surface area (Å²) in [5.41, 5.74) is 16.9. The molecule has 15 rings (SSSR count). The summed E-state index contributed by atoms with van der Waals surface area (Å²) >= 11 is 0. The molecule has 1 aliphatic carbocycles. The average Bonchev–Trinajstić information content (AvgIpc) is 3.93. The molecule has 69 heavy (non-hydrogen) atoms. The number of rotatable bonds is 3. The minimum absolute atomic E-state index is 0.161. The fraction of sp³-hybridized carbons (Fsp3) is 0.0746. The van der Waals surface area contributed by atoms with Crippen LogP contribution < -0.4 is 10.4 Å². The number of aromatic nitrogens is 1. The number of hydrogen-bond acceptors (Lipinski definition) is 0. The first-order chi connectivity index (χ1) is 33.8. The molecule has 2 heterocycles. The van der Waals surface area contributed by atoms with E-state index < -0.39 is 8.07 Å². The minimum atomic E-state index is -2.03. The Bertz CT molecular complexity index is 4360. The number of fused-ring (bicyclic) bond motifs is 18. The molecule has 0 saturated carbocycles. The van der Waals surface area contributed by atoms with Gasteiger partial charge in [-0.05, 0) is 156 Å². The molecule has 0 atom stereocenters. The molecule has 0 N–H and O–H groups in total. The van der Waals surface area contributed by atoms with Crippen molar-refractivity contribution < 1.29 is 0 Å². The molecule has 0 saturated heterocycles. The first kappa shape index (κ1) is 39.0. The summed E-state index contributed by atoms with van der Waals surface area (Å²) in [5, 5.41) is 18.8. The molecule has 0 unspecified atom stereocenters. The zero-order valence-electron chi connectivity index (χ0n) is 39.2. The van der Waals surface area contributed by atoms with Crippen LogP contribution in [0.3, 0.4) is 0 Å². The summed E-state index contributed by atoms with van der Waals surface area (Å²) < 4.78 is 2.53. The molecule has 1 aliphatic heterocycles. The van der Waals surface area contributed by atoms with Crippen LogP contribution in [0.5, 0.6) is 0 Å². The highest BCUT2D eigenvalue weighted by Gasteiger charge is 2.40. The largest absolute Gasteiger partial charge is 0.309 e. The molecule has 13 aromatic rings. The Hall–Kier alpha value is -8.04. The third kappa shape index (κ3) is 5.14. The molecule has 0 fully saturated rings. The number of hydrogen-bond donors (Lipinski definition) is 0. The lowest BCUT2D eigenvalue weighted by Gasteiger charge is -2.23. The van der Waals surface area contributed by atoms with E-state index in [2.05, 4.69) is 244 Å². The lowest BCUT2D eigenvalue weighted by Crippen LogP contribution is -2.49. The van der Waals surface area contributed by atoms with Crippen molar-refractivity contribution in [1.29, 1.82) is 0 Å². The molecule has 0 radical (unpaired) electrons. The predicted octanol–water partition coefficient (Wildman–Crippen LogP) is 17.0. The maximum atomic E-state index is 2.58. The monoisotopic (exact) mass is 893 g/mol. The summed E-state index contributed by atoms with van der Waals surface area (Å²) in [6.45, 7) is 9.91. The van der Waals surface area contributed by atoms with Crippen molar-refractivity contribution in [3.63, 3.8) is 0 Å². The number of para-hydroxylation sites is 1. The van der Waals surface area contributed by atoms with Crippen LogP contribution in [0, 0.1) is 0 Å². The van der Waals surface area contributed by atoms with Gasteiger partial charge in [-0.2, -0.15) is 0 Å². The maximum Gasteiger partial charge on any atom is 0.113 e. The van der Waals surface area contributed by atoms with Gasteiger partial charge in [0.1, 0.15) is 8.07 Å². The molecule has 2 heteroatoms. The van der Waals surface area contributed by atoms with Crippen molar-refractivity contribution in [3.8, 4) is 50.2 Å². The van der Waals surface area contributed by atoms with E-state index in [0.29, 0.717) is 0 Å². The molecule has 1 nitrogen and oxygen atoms in total. The van der Waals surface area contributed by atoms with Gasteiger partial charge in [-0.25, -0.2) is 0 Å². The summed E-state index contributed by atoms with van der Waals surface area (Å²) in [4.78, 5) is 0. The van der Waals surface area contributed by atoms with Gasteiger partial charge < -0.3 is 4.57 Å². The van der Waals surface area contributed by atoms with E-state index in [0.717, 1.165) is 0 Å². The highest BCUT2D eigenvalue weighted by molar-refractivity contribution is 7.04. The second-order valence-corrected chi connectivity index (χ2v) is 25.0. The van der Waals surface area contributed by atoms with Gasteiger partial charge in [-0.15, -0.1) is 0 Å². The van der Waals surface area contributed by atoms with Gasteiger partial charge in [0.15, 0.2) is 0 Å². The van der Waals surface area contributed by atoms with Gasteiger partial charge in [0, 0.05) is 21.9 Å². The Labute approximate surface area is 402 Å². The SMILES string of the molecule is CC1(C)c2ccccc2-c2ccc3c4cc(-c5c6ccccc6c(-c6ccc7c(c6)-c6cc8c9ccccc9c9ccccc9c8cc6[Si]7(C)C)c6ccccc56)ccc4n(-c4ccccc4)c3c21. The van der Waals surface area contributed by atoms with Crippen LogP contribution in [-0.2, 0) is 5.41 Å². The minimum Gasteiger partial charge on any atom is -0.309 e. The molecule has 1 aromatic heterocycles. The Morgan fingerprint density at radius 3 is 1.49 bits per heavy atom. The zero-order chi connectivity index (χ0) is 45.9. The second-order valence-electron chi connectivity index (χ2n) is 20.7. The van der Waals surface area contributed by atoms with Gasteiger partial charge in [-0.1, -0.05) is 203 Å². The third-order valence-corrected chi connectivity index (χ3v) is 20.0. The van der Waals surface area contributed by atoms with Gasteiger partial charge in [0.2, 0.25) is 0 Å². The predicted molar refractivity (Wildman–Crippen MR) is 299 cm³/mol. The quantitative estimate of drug-likeness (QED) is 0.0946. The van der Waals surface area contributed by atoms with Crippen LogP contribution in [0.1, 0.15) is 25.0 Å². The van der Waals surface area contributed by atoms with Gasteiger partial charge >= 0.3 is 0 Å². The van der Waals surface area contributed by atoms with Crippen LogP contribution in [0.15, 0.2) is 212 Å². The maximum absolute atomic E-state index is 2.58. The number of benzene rings is 12. The smallest absolute Gasteiger partial charge is 0.113 e. The van der Waals surface area contributed by atoms with E-state index in [1.54, 1.807) is 0 Å². The lowest BCUT2D eigenvalue weighted by molar-refractivity contribution is 0.664. The Morgan fingerprint density at radius 1 is 0.348 bits per heavy atom. The van der Waals surface area contributed by atoms with Crippen molar-refractivity contribution in [2.24, 2.45) is 0 Å². The van der Waals surface area contributed by atoms with Gasteiger partial charge in [-0.3, -0.25) is 0 Å². The van der Waals surface area contributed by atoms with Crippen molar-refractivity contribution in [1.82, 2.24) is 4.57 Å². The molecule has 12 aromatic carbocycles. The molecule has 2 aliphatic rings. The fourth-order valence-electron chi connectivity index (χ4n) is 13.4. The number of nitrogens with zero attached hydrogens (tertiary/aromatic N) is 1. The first-order valence-corrected chi connectivity index (χ1v) is 27.5. The van der Waals surface area contributed by atoms with E-state index in [1.165, 1.54) is 147 Å². The summed E-state index contributed by atoms with van der Waals surface area (Å²) in [6.07, 6.45) is 0. The zero-order valence-corrected chi connectivity index (χ0v) is 40.2. The Kier molecular flexibility index (Phi) is 7.79. The highest BCUT2D eigenvalue weighted by Crippen LogP contribution is 2.54.